The summed E-state index contributed by atoms with van der Waals surface area (Å²) in [7, 11) is 0. The fraction of sp³-hybridized carbons (Fsp3) is 0.385. The van der Waals surface area contributed by atoms with Crippen molar-refractivity contribution in [1.82, 2.24) is 5.32 Å². The monoisotopic (exact) mass is 250 g/mol. The van der Waals surface area contributed by atoms with Crippen molar-refractivity contribution in [2.24, 2.45) is 5.41 Å². The topological polar surface area (TPSA) is 41.1 Å². The Bertz CT molecular complexity index is 435. The lowest BCUT2D eigenvalue weighted by Crippen LogP contribution is -2.41. The molecule has 0 unspecified atom stereocenters. The van der Waals surface area contributed by atoms with Crippen molar-refractivity contribution in [3.8, 4) is 0 Å². The van der Waals surface area contributed by atoms with E-state index >= 15 is 0 Å². The van der Waals surface area contributed by atoms with Gasteiger partial charge in [0.15, 0.2) is 5.11 Å². The highest BCUT2D eigenvalue weighted by molar-refractivity contribution is 7.80. The zero-order chi connectivity index (χ0) is 13.1. The van der Waals surface area contributed by atoms with Gasteiger partial charge in [0.05, 0.1) is 0 Å². The Hall–Kier alpha value is -1.42. The maximum atomic E-state index is 11.7. The van der Waals surface area contributed by atoms with Crippen molar-refractivity contribution in [2.75, 3.05) is 5.32 Å². The highest BCUT2D eigenvalue weighted by Gasteiger charge is 2.21. The van der Waals surface area contributed by atoms with E-state index in [0.717, 1.165) is 11.3 Å². The Balaban J connectivity index is 2.59. The number of hydrogen-bond donors (Lipinski definition) is 2. The van der Waals surface area contributed by atoms with Gasteiger partial charge in [0.2, 0.25) is 5.91 Å². The molecule has 0 radical (unpaired) electrons. The number of rotatable bonds is 1. The molecule has 0 saturated carbocycles. The van der Waals surface area contributed by atoms with Crippen molar-refractivity contribution >= 4 is 28.9 Å². The van der Waals surface area contributed by atoms with Crippen LogP contribution in [0.1, 0.15) is 26.3 Å². The van der Waals surface area contributed by atoms with Gasteiger partial charge in [0.1, 0.15) is 0 Å². The molecule has 0 spiro atoms. The van der Waals surface area contributed by atoms with Gasteiger partial charge in [-0.1, -0.05) is 32.9 Å². The predicted molar refractivity (Wildman–Crippen MR) is 75.0 cm³/mol. The molecule has 0 aromatic heterocycles. The van der Waals surface area contributed by atoms with E-state index in [0.29, 0.717) is 5.11 Å². The number of thiocarbonyl (C=S) groups is 1. The van der Waals surface area contributed by atoms with Crippen molar-refractivity contribution < 1.29 is 4.79 Å². The summed E-state index contributed by atoms with van der Waals surface area (Å²) in [5.41, 5.74) is 1.57. The molecule has 0 aliphatic carbocycles. The molecule has 0 atom stereocenters. The van der Waals surface area contributed by atoms with Gasteiger partial charge in [-0.15, -0.1) is 0 Å². The molecule has 2 N–H and O–H groups in total. The van der Waals surface area contributed by atoms with Crippen molar-refractivity contribution in [2.45, 2.75) is 27.7 Å². The van der Waals surface area contributed by atoms with Gasteiger partial charge in [-0.25, -0.2) is 0 Å². The van der Waals surface area contributed by atoms with E-state index in [4.69, 9.17) is 12.2 Å². The summed E-state index contributed by atoms with van der Waals surface area (Å²) in [4.78, 5) is 11.7. The second-order valence-electron chi connectivity index (χ2n) is 5.03. The zero-order valence-electron chi connectivity index (χ0n) is 10.6. The number of amides is 1. The molecule has 0 aliphatic heterocycles. The molecule has 3 nitrogen and oxygen atoms in total. The number of carbonyl (C=O) groups is 1. The van der Waals surface area contributed by atoms with Crippen LogP contribution >= 0.6 is 12.2 Å². The molecule has 0 saturated heterocycles. The summed E-state index contributed by atoms with van der Waals surface area (Å²) in [5.74, 6) is -0.0948. The number of nitrogens with one attached hydrogen (secondary N) is 2. The van der Waals surface area contributed by atoms with Crippen LogP contribution in [0, 0.1) is 12.3 Å². The van der Waals surface area contributed by atoms with E-state index in [2.05, 4.69) is 10.6 Å². The van der Waals surface area contributed by atoms with Crippen LogP contribution in [0.3, 0.4) is 0 Å². The van der Waals surface area contributed by atoms with Crippen LogP contribution in [0.5, 0.6) is 0 Å². The van der Waals surface area contributed by atoms with Gasteiger partial charge in [-0.3, -0.25) is 4.79 Å². The van der Waals surface area contributed by atoms with Gasteiger partial charge in [-0.05, 0) is 36.8 Å². The lowest BCUT2D eigenvalue weighted by Gasteiger charge is -2.18. The molecule has 17 heavy (non-hydrogen) atoms. The summed E-state index contributed by atoms with van der Waals surface area (Å²) in [6.07, 6.45) is 0. The summed E-state index contributed by atoms with van der Waals surface area (Å²) in [5, 5.41) is 5.98. The molecule has 92 valence electrons. The van der Waals surface area contributed by atoms with Crippen molar-refractivity contribution in [3.63, 3.8) is 0 Å². The number of hydrogen-bond acceptors (Lipinski definition) is 2. The smallest absolute Gasteiger partial charge is 0.231 e. The number of benzene rings is 1. The van der Waals surface area contributed by atoms with Gasteiger partial charge in [-0.2, -0.15) is 0 Å². The number of aryl methyl sites for hydroxylation is 1. The first-order valence-electron chi connectivity index (χ1n) is 5.48. The quantitative estimate of drug-likeness (QED) is 0.753. The number of carbonyl (C=O) groups excluding carboxylic acids is 1. The minimum Gasteiger partial charge on any atom is -0.332 e. The molecular formula is C13H18N2OS. The fourth-order valence-corrected chi connectivity index (χ4v) is 1.39. The van der Waals surface area contributed by atoms with E-state index in [1.54, 1.807) is 0 Å². The standard InChI is InChI=1S/C13H18N2OS/c1-9-6-5-7-10(8-9)14-12(17)15-11(16)13(2,3)4/h5-8H,1-4H3,(H2,14,15,16,17). The van der Waals surface area contributed by atoms with Crippen LogP contribution in [0.2, 0.25) is 0 Å². The van der Waals surface area contributed by atoms with Gasteiger partial charge in [0, 0.05) is 11.1 Å². The van der Waals surface area contributed by atoms with Crippen LogP contribution in [-0.4, -0.2) is 11.0 Å². The average molecular weight is 250 g/mol. The summed E-state index contributed by atoms with van der Waals surface area (Å²) in [6.45, 7) is 7.54. The molecule has 0 bridgehead atoms. The van der Waals surface area contributed by atoms with Crippen LogP contribution < -0.4 is 10.6 Å². The maximum absolute atomic E-state index is 11.7. The fourth-order valence-electron chi connectivity index (χ4n) is 1.18. The van der Waals surface area contributed by atoms with E-state index < -0.39 is 5.41 Å². The van der Waals surface area contributed by atoms with E-state index in [9.17, 15) is 4.79 Å². The Kier molecular flexibility index (Phi) is 4.23. The Labute approximate surface area is 108 Å². The summed E-state index contributed by atoms with van der Waals surface area (Å²) >= 11 is 5.08. The molecule has 1 aromatic rings. The van der Waals surface area contributed by atoms with Crippen LogP contribution in [0.25, 0.3) is 0 Å². The second-order valence-corrected chi connectivity index (χ2v) is 5.44. The van der Waals surface area contributed by atoms with Crippen molar-refractivity contribution in [3.05, 3.63) is 29.8 Å². The van der Waals surface area contributed by atoms with E-state index in [1.165, 1.54) is 0 Å². The minimum absolute atomic E-state index is 0.0948. The minimum atomic E-state index is -0.446. The Morgan fingerprint density at radius 3 is 2.47 bits per heavy atom. The normalized spacial score (nSPS) is 10.8. The zero-order valence-corrected chi connectivity index (χ0v) is 11.4. The summed E-state index contributed by atoms with van der Waals surface area (Å²) < 4.78 is 0. The first-order chi connectivity index (χ1) is 7.79. The molecule has 4 heteroatoms. The average Bonchev–Trinajstić information content (AvgIpc) is 2.15. The third-order valence-electron chi connectivity index (χ3n) is 2.18. The second kappa shape index (κ2) is 5.27. The largest absolute Gasteiger partial charge is 0.332 e. The molecule has 1 aromatic carbocycles. The molecule has 0 aliphatic rings. The first-order valence-corrected chi connectivity index (χ1v) is 5.89. The molecule has 1 amide bonds. The lowest BCUT2D eigenvalue weighted by molar-refractivity contribution is -0.126. The Morgan fingerprint density at radius 1 is 1.29 bits per heavy atom. The maximum Gasteiger partial charge on any atom is 0.231 e. The molecule has 0 heterocycles. The summed E-state index contributed by atoms with van der Waals surface area (Å²) in [6, 6.07) is 7.81. The van der Waals surface area contributed by atoms with Crippen LogP contribution in [0.15, 0.2) is 24.3 Å². The lowest BCUT2D eigenvalue weighted by atomic mass is 9.96. The van der Waals surface area contributed by atoms with Gasteiger partial charge < -0.3 is 10.6 Å². The van der Waals surface area contributed by atoms with E-state index in [-0.39, 0.29) is 5.91 Å². The highest BCUT2D eigenvalue weighted by Crippen LogP contribution is 2.13. The van der Waals surface area contributed by atoms with Crippen LogP contribution in [-0.2, 0) is 4.79 Å². The highest BCUT2D eigenvalue weighted by atomic mass is 32.1. The van der Waals surface area contributed by atoms with E-state index in [1.807, 2.05) is 52.0 Å². The third kappa shape index (κ3) is 4.53. The molecule has 0 fully saturated rings. The van der Waals surface area contributed by atoms with Gasteiger partial charge in [0.25, 0.3) is 0 Å². The Morgan fingerprint density at radius 2 is 1.94 bits per heavy atom. The molecule has 1 rings (SSSR count). The van der Waals surface area contributed by atoms with Crippen LogP contribution in [0.4, 0.5) is 5.69 Å². The third-order valence-corrected chi connectivity index (χ3v) is 2.39. The number of anilines is 1. The molecular weight excluding hydrogens is 232 g/mol. The first kappa shape index (κ1) is 13.6. The van der Waals surface area contributed by atoms with Crippen molar-refractivity contribution in [1.29, 1.82) is 0 Å². The predicted octanol–water partition coefficient (Wildman–Crippen LogP) is 2.85. The van der Waals surface area contributed by atoms with Gasteiger partial charge >= 0.3 is 0 Å². The SMILES string of the molecule is Cc1cccc(NC(=S)NC(=O)C(C)(C)C)c1.